The number of aromatic hydroxyl groups is 2. The molecule has 4 N–H and O–H groups in total. The molecule has 1 amide bonds. The Balaban J connectivity index is 0.00000661. The van der Waals surface area contributed by atoms with E-state index in [4.69, 9.17) is 18.9 Å². The molecule has 63 heavy (non-hydrogen) atoms. The maximum atomic E-state index is 14.1. The highest BCUT2D eigenvalue weighted by Crippen LogP contribution is 2.56. The molecule has 5 aromatic rings. The maximum absolute atomic E-state index is 14.1. The van der Waals surface area contributed by atoms with Crippen molar-refractivity contribution in [3.63, 3.8) is 0 Å². The minimum Gasteiger partial charge on any atom is -0.504 e. The van der Waals surface area contributed by atoms with Crippen LogP contribution < -0.4 is 33.9 Å². The molecule has 0 saturated carbocycles. The van der Waals surface area contributed by atoms with Gasteiger partial charge in [0.1, 0.15) is 17.5 Å². The van der Waals surface area contributed by atoms with Gasteiger partial charge >= 0.3 is 0 Å². The Bertz CT molecular complexity index is 2540. The van der Waals surface area contributed by atoms with E-state index in [-0.39, 0.29) is 43.5 Å². The van der Waals surface area contributed by atoms with Crippen molar-refractivity contribution in [2.45, 2.75) is 69.7 Å². The van der Waals surface area contributed by atoms with Crippen LogP contribution in [0.15, 0.2) is 65.6 Å². The summed E-state index contributed by atoms with van der Waals surface area (Å²) < 4.78 is 27.0. The fraction of sp³-hybridized carbons (Fsp3) is 0.388. The zero-order chi connectivity index (χ0) is 44.6. The topological polar surface area (TPSA) is 152 Å². The Morgan fingerprint density at radius 1 is 0.810 bits per heavy atom. The van der Waals surface area contributed by atoms with Crippen LogP contribution in [0.25, 0.3) is 10.8 Å². The minimum absolute atomic E-state index is 0. The van der Waals surface area contributed by atoms with Gasteiger partial charge in [-0.3, -0.25) is 14.4 Å². The summed E-state index contributed by atoms with van der Waals surface area (Å²) in [5.41, 5.74) is 6.42. The van der Waals surface area contributed by atoms with E-state index in [9.17, 15) is 20.3 Å². The first-order chi connectivity index (χ1) is 29.8. The molecule has 0 saturated heterocycles. The van der Waals surface area contributed by atoms with Gasteiger partial charge in [-0.1, -0.05) is 43.8 Å². The quantitative estimate of drug-likeness (QED) is 0.0851. The zero-order valence-electron chi connectivity index (χ0n) is 37.0. The Morgan fingerprint density at radius 2 is 1.38 bits per heavy atom. The third-order valence-corrected chi connectivity index (χ3v) is 13.3. The smallest absolute Gasteiger partial charge is 0.251 e. The first-order valence-corrected chi connectivity index (χ1v) is 21.3. The fourth-order valence-electron chi connectivity index (χ4n) is 9.76. The van der Waals surface area contributed by atoms with E-state index in [2.05, 4.69) is 62.3 Å². The van der Waals surface area contributed by atoms with Crippen molar-refractivity contribution in [2.75, 3.05) is 68.1 Å². The SMILES string of the molecule is C.COc1c(C)c(OC)c2c(c1O)C(CNC(=O)c1ccc(CNSc3cccc4c(N(C)C)cccc34)cc1)N1C(C2)[C@H](N(C)C)c2c(O)c(OC)c(C)c(OC)c2C[C@@H]1C#N. The number of phenolic OH excluding ortho intramolecular Hbond substituents is 2. The Labute approximate surface area is 375 Å². The molecule has 0 aromatic heterocycles. The predicted octanol–water partition coefficient (Wildman–Crippen LogP) is 7.85. The van der Waals surface area contributed by atoms with Gasteiger partial charge in [-0.15, -0.1) is 0 Å². The molecule has 0 spiro atoms. The van der Waals surface area contributed by atoms with Gasteiger partial charge in [-0.25, -0.2) is 0 Å². The van der Waals surface area contributed by atoms with E-state index in [1.54, 1.807) is 38.3 Å². The van der Waals surface area contributed by atoms with Gasteiger partial charge in [0, 0.05) is 94.6 Å². The highest BCUT2D eigenvalue weighted by Gasteiger charge is 2.50. The summed E-state index contributed by atoms with van der Waals surface area (Å²) in [6.45, 7) is 4.26. The van der Waals surface area contributed by atoms with Crippen molar-refractivity contribution in [1.82, 2.24) is 19.8 Å². The average Bonchev–Trinajstić information content (AvgIpc) is 3.40. The van der Waals surface area contributed by atoms with Crippen molar-refractivity contribution in [3.05, 3.63) is 105 Å². The summed E-state index contributed by atoms with van der Waals surface area (Å²) in [6, 6.07) is 20.2. The van der Waals surface area contributed by atoms with Crippen LogP contribution in [0.1, 0.15) is 68.8 Å². The Morgan fingerprint density at radius 3 is 1.95 bits per heavy atom. The first kappa shape index (κ1) is 46.6. The number of nitrogens with one attached hydrogen (secondary N) is 2. The van der Waals surface area contributed by atoms with Crippen LogP contribution in [0.4, 0.5) is 5.69 Å². The second kappa shape index (κ2) is 19.3. The molecular weight excluding hydrogens is 817 g/mol. The Kier molecular flexibility index (Phi) is 14.3. The number of carbonyl (C=O) groups is 1. The molecule has 2 heterocycles. The van der Waals surface area contributed by atoms with E-state index in [0.717, 1.165) is 21.7 Å². The molecular formula is C49H60N6O7S. The van der Waals surface area contributed by atoms with Crippen molar-refractivity contribution < 1.29 is 34.0 Å². The molecule has 7 rings (SSSR count). The van der Waals surface area contributed by atoms with E-state index in [0.29, 0.717) is 63.6 Å². The minimum atomic E-state index is -0.772. The summed E-state index contributed by atoms with van der Waals surface area (Å²) in [5.74, 6) is 1.24. The summed E-state index contributed by atoms with van der Waals surface area (Å²) in [4.78, 5) is 21.4. The number of methoxy groups -OCH3 is 4. The van der Waals surface area contributed by atoms with Crippen molar-refractivity contribution in [1.29, 1.82) is 5.26 Å². The zero-order valence-corrected chi connectivity index (χ0v) is 37.9. The van der Waals surface area contributed by atoms with Gasteiger partial charge in [0.05, 0.1) is 46.6 Å². The number of anilines is 1. The Hall–Kier alpha value is -5.85. The van der Waals surface area contributed by atoms with Crippen LogP contribution in [0, 0.1) is 25.2 Å². The summed E-state index contributed by atoms with van der Waals surface area (Å²) >= 11 is 1.57. The average molecular weight is 877 g/mol. The number of fused-ring (bicyclic) bond motifs is 4. The van der Waals surface area contributed by atoms with Crippen LogP contribution >= 0.6 is 11.9 Å². The van der Waals surface area contributed by atoms with Crippen molar-refractivity contribution >= 4 is 34.3 Å². The van der Waals surface area contributed by atoms with E-state index >= 15 is 0 Å². The van der Waals surface area contributed by atoms with E-state index < -0.39 is 24.2 Å². The molecule has 4 atom stereocenters. The molecule has 2 aliphatic rings. The third kappa shape index (κ3) is 8.26. The van der Waals surface area contributed by atoms with Gasteiger partial charge in [-0.2, -0.15) is 5.26 Å². The lowest BCUT2D eigenvalue weighted by Gasteiger charge is -2.48. The molecule has 5 aromatic carbocycles. The van der Waals surface area contributed by atoms with Crippen LogP contribution in [0.2, 0.25) is 0 Å². The fourth-order valence-corrected chi connectivity index (χ4v) is 10.6. The molecule has 13 nitrogen and oxygen atoms in total. The molecule has 2 aliphatic heterocycles. The van der Waals surface area contributed by atoms with Crippen molar-refractivity contribution in [2.24, 2.45) is 0 Å². The monoisotopic (exact) mass is 876 g/mol. The number of phenols is 2. The van der Waals surface area contributed by atoms with Gasteiger partial charge in [0.15, 0.2) is 23.0 Å². The number of hydrogen-bond donors (Lipinski definition) is 4. The number of amides is 1. The summed E-state index contributed by atoms with van der Waals surface area (Å²) in [6.07, 6.45) is 0.533. The molecule has 2 unspecified atom stereocenters. The highest BCUT2D eigenvalue weighted by molar-refractivity contribution is 7.97. The molecule has 0 bridgehead atoms. The highest BCUT2D eigenvalue weighted by atomic mass is 32.2. The van der Waals surface area contributed by atoms with Crippen molar-refractivity contribution in [3.8, 4) is 40.6 Å². The number of nitrogens with zero attached hydrogens (tertiary/aromatic N) is 4. The second-order valence-corrected chi connectivity index (χ2v) is 17.1. The van der Waals surface area contributed by atoms with E-state index in [1.807, 2.05) is 59.1 Å². The molecule has 334 valence electrons. The van der Waals surface area contributed by atoms with Gasteiger partial charge in [0.25, 0.3) is 5.91 Å². The molecule has 14 heteroatoms. The standard InChI is InChI=1S/C48H56N6O7S.CH4/c1-26-44(58-7)33-21-30(23-49)54-36(41(53(5)6)40(33)43(56)47(26)61-10)22-34-39(42(55)46(60-9)27(2)45(34)59-8)37(54)25-50-48(57)29-19-17-28(18-20-29)24-51-62-38-16-12-13-31-32(38)14-11-15-35(31)52(3)4;/h11-20,30,36-37,41,51,55-56H,21-22,24-25H2,1-10H3,(H,50,57);1H4/t30-,36?,37?,41+;/m1./s1. The lowest BCUT2D eigenvalue weighted by atomic mass is 9.80. The maximum Gasteiger partial charge on any atom is 0.251 e. The van der Waals surface area contributed by atoms with Gasteiger partial charge in [0.2, 0.25) is 0 Å². The summed E-state index contributed by atoms with van der Waals surface area (Å²) in [5, 5.41) is 40.6. The third-order valence-electron chi connectivity index (χ3n) is 12.4. The number of hydrogen-bond acceptors (Lipinski definition) is 13. The number of rotatable bonds is 13. The largest absolute Gasteiger partial charge is 0.504 e. The van der Waals surface area contributed by atoms with E-state index in [1.165, 1.54) is 25.0 Å². The van der Waals surface area contributed by atoms with Gasteiger partial charge in [-0.05, 0) is 81.5 Å². The van der Waals surface area contributed by atoms with Crippen LogP contribution in [-0.2, 0) is 19.4 Å². The second-order valence-electron chi connectivity index (χ2n) is 16.2. The normalized spacial score (nSPS) is 17.9. The van der Waals surface area contributed by atoms with Crippen LogP contribution in [0.5, 0.6) is 34.5 Å². The number of benzene rings is 5. The van der Waals surface area contributed by atoms with Gasteiger partial charge < -0.3 is 44.3 Å². The number of likely N-dealkylation sites (N-methyl/N-ethyl adjacent to an activating group) is 1. The number of carbonyl (C=O) groups excluding carboxylic acids is 1. The molecule has 0 radical (unpaired) electrons. The molecule has 0 aliphatic carbocycles. The van der Waals surface area contributed by atoms with Crippen LogP contribution in [-0.4, -0.2) is 101 Å². The number of ether oxygens (including phenoxy) is 4. The number of nitriles is 1. The molecule has 0 fully saturated rings. The van der Waals surface area contributed by atoms with Crippen LogP contribution in [0.3, 0.4) is 0 Å². The lowest BCUT2D eigenvalue weighted by molar-refractivity contribution is 0.0380. The summed E-state index contributed by atoms with van der Waals surface area (Å²) in [7, 11) is 14.1. The first-order valence-electron chi connectivity index (χ1n) is 20.5. The predicted molar refractivity (Wildman–Crippen MR) is 250 cm³/mol. The lowest BCUT2D eigenvalue weighted by Crippen LogP contribution is -2.55.